The van der Waals surface area contributed by atoms with Crippen molar-refractivity contribution in [3.8, 4) is 0 Å². The van der Waals surface area contributed by atoms with Crippen LogP contribution in [0.2, 0.25) is 5.02 Å². The molecule has 2 aliphatic heterocycles. The summed E-state index contributed by atoms with van der Waals surface area (Å²) in [5.41, 5.74) is 8.13. The van der Waals surface area contributed by atoms with Gasteiger partial charge in [0, 0.05) is 50.0 Å². The van der Waals surface area contributed by atoms with Gasteiger partial charge in [-0.25, -0.2) is 0 Å². The Morgan fingerprint density at radius 1 is 1.00 bits per heavy atom. The lowest BCUT2D eigenvalue weighted by atomic mass is 9.96. The minimum atomic E-state index is 0.234. The van der Waals surface area contributed by atoms with E-state index in [2.05, 4.69) is 75.3 Å². The number of nitrogens with one attached hydrogen (secondary N) is 2. The van der Waals surface area contributed by atoms with Crippen LogP contribution in [0.1, 0.15) is 17.2 Å². The van der Waals surface area contributed by atoms with Gasteiger partial charge in [-0.1, -0.05) is 54.1 Å². The van der Waals surface area contributed by atoms with E-state index in [0.717, 1.165) is 37.7 Å². The predicted octanol–water partition coefficient (Wildman–Crippen LogP) is 2.45. The summed E-state index contributed by atoms with van der Waals surface area (Å²) >= 11 is 6.12. The second-order valence-corrected chi connectivity index (χ2v) is 7.58. The second kappa shape index (κ2) is 9.56. The van der Waals surface area contributed by atoms with Crippen LogP contribution < -0.4 is 11.0 Å². The molecule has 0 aliphatic carbocycles. The first-order valence-corrected chi connectivity index (χ1v) is 10.2. The maximum Gasteiger partial charge on any atom is 0.142 e. The van der Waals surface area contributed by atoms with E-state index in [1.165, 1.54) is 16.4 Å². The highest BCUT2D eigenvalue weighted by atomic mass is 35.5. The van der Waals surface area contributed by atoms with Crippen molar-refractivity contribution in [2.45, 2.75) is 6.04 Å². The molecule has 1 radical (unpaired) electrons. The smallest absolute Gasteiger partial charge is 0.142 e. The van der Waals surface area contributed by atoms with Crippen molar-refractivity contribution in [3.05, 3.63) is 77.7 Å². The first-order valence-electron chi connectivity index (χ1n) is 9.81. The quantitative estimate of drug-likeness (QED) is 0.727. The van der Waals surface area contributed by atoms with Gasteiger partial charge in [-0.15, -0.1) is 5.10 Å². The van der Waals surface area contributed by atoms with Crippen LogP contribution in [-0.4, -0.2) is 60.2 Å². The minimum Gasteiger partial charge on any atom is -0.298 e. The highest BCUT2D eigenvalue weighted by Crippen LogP contribution is 2.30. The molecular weight excluding hydrogens is 388 g/mol. The van der Waals surface area contributed by atoms with Crippen LogP contribution in [0.15, 0.2) is 59.7 Å². The number of benzene rings is 2. The molecule has 1 atom stereocenters. The molecule has 2 aliphatic rings. The minimum absolute atomic E-state index is 0.234. The molecule has 0 saturated carbocycles. The Labute approximate surface area is 176 Å². The molecule has 0 bridgehead atoms. The Morgan fingerprint density at radius 2 is 1.69 bits per heavy atom. The summed E-state index contributed by atoms with van der Waals surface area (Å²) in [4.78, 5) is 10.6. The fourth-order valence-electron chi connectivity index (χ4n) is 3.73. The van der Waals surface area contributed by atoms with E-state index in [-0.39, 0.29) is 6.04 Å². The summed E-state index contributed by atoms with van der Waals surface area (Å²) in [6.45, 7) is 9.11. The molecule has 1 fully saturated rings. The molecule has 2 heterocycles. The van der Waals surface area contributed by atoms with Crippen molar-refractivity contribution in [1.29, 1.82) is 0 Å². The van der Waals surface area contributed by atoms with Gasteiger partial charge in [0.2, 0.25) is 0 Å². The SMILES string of the molecule is [CH2]C1=NNN(OCCN2CCN(C(c3ccccc3)c3ccc(Cl)cc3)CC2)N1. The molecule has 7 nitrogen and oxygen atoms in total. The van der Waals surface area contributed by atoms with Gasteiger partial charge >= 0.3 is 0 Å². The van der Waals surface area contributed by atoms with Gasteiger partial charge in [0.25, 0.3) is 0 Å². The zero-order valence-corrected chi connectivity index (χ0v) is 17.1. The average Bonchev–Trinajstić information content (AvgIpc) is 3.17. The van der Waals surface area contributed by atoms with E-state index >= 15 is 0 Å². The van der Waals surface area contributed by atoms with E-state index in [0.29, 0.717) is 12.4 Å². The number of piperazine rings is 1. The Kier molecular flexibility index (Phi) is 6.63. The third-order valence-corrected chi connectivity index (χ3v) is 5.46. The molecule has 2 aromatic rings. The Bertz CT molecular complexity index is 808. The highest BCUT2D eigenvalue weighted by molar-refractivity contribution is 6.30. The van der Waals surface area contributed by atoms with Gasteiger partial charge in [-0.05, 0) is 23.3 Å². The standard InChI is InChI=1S/C21H26ClN6O/c1-17-23-25-28(24-17)29-16-15-26-11-13-27(14-12-26)21(18-5-3-2-4-6-18)19-7-9-20(22)10-8-19/h2-10,21,25H,1,11-16H2,(H,23,24). The van der Waals surface area contributed by atoms with Crippen molar-refractivity contribution in [3.63, 3.8) is 0 Å². The van der Waals surface area contributed by atoms with Gasteiger partial charge in [-0.3, -0.25) is 20.1 Å². The first kappa shape index (κ1) is 20.1. The van der Waals surface area contributed by atoms with Crippen molar-refractivity contribution < 1.29 is 4.84 Å². The molecule has 1 saturated heterocycles. The monoisotopic (exact) mass is 413 g/mol. The van der Waals surface area contributed by atoms with E-state index in [1.54, 1.807) is 0 Å². The zero-order valence-electron chi connectivity index (χ0n) is 16.3. The lowest BCUT2D eigenvalue weighted by Gasteiger charge is -2.39. The van der Waals surface area contributed by atoms with Crippen LogP contribution in [0.5, 0.6) is 0 Å². The van der Waals surface area contributed by atoms with Gasteiger partial charge in [-0.2, -0.15) is 5.53 Å². The van der Waals surface area contributed by atoms with Crippen molar-refractivity contribution in [2.24, 2.45) is 5.10 Å². The lowest BCUT2D eigenvalue weighted by Crippen LogP contribution is -2.49. The predicted molar refractivity (Wildman–Crippen MR) is 115 cm³/mol. The van der Waals surface area contributed by atoms with Crippen LogP contribution in [0.25, 0.3) is 0 Å². The molecule has 4 rings (SSSR count). The van der Waals surface area contributed by atoms with Crippen LogP contribution in [0.4, 0.5) is 0 Å². The average molecular weight is 414 g/mol. The fraction of sp³-hybridized carbons (Fsp3) is 0.333. The van der Waals surface area contributed by atoms with E-state index in [4.69, 9.17) is 16.4 Å². The molecular formula is C21H26ClN6O. The second-order valence-electron chi connectivity index (χ2n) is 7.14. The lowest BCUT2D eigenvalue weighted by molar-refractivity contribution is -0.211. The van der Waals surface area contributed by atoms with Gasteiger partial charge < -0.3 is 0 Å². The van der Waals surface area contributed by atoms with Gasteiger partial charge in [0.15, 0.2) is 0 Å². The summed E-state index contributed by atoms with van der Waals surface area (Å²) in [6.07, 6.45) is 0. The number of hydrazone groups is 1. The number of hydrogen-bond donors (Lipinski definition) is 2. The number of rotatable bonds is 7. The third-order valence-electron chi connectivity index (χ3n) is 5.21. The maximum absolute atomic E-state index is 6.12. The Hall–Kier alpha value is -2.16. The summed E-state index contributed by atoms with van der Waals surface area (Å²) in [5, 5.41) is 6.04. The summed E-state index contributed by atoms with van der Waals surface area (Å²) in [7, 11) is 0. The number of halogens is 1. The van der Waals surface area contributed by atoms with E-state index in [9.17, 15) is 0 Å². The molecule has 0 amide bonds. The highest BCUT2D eigenvalue weighted by Gasteiger charge is 2.26. The topological polar surface area (TPSA) is 55.4 Å². The summed E-state index contributed by atoms with van der Waals surface area (Å²) in [6, 6.07) is 19.1. The molecule has 8 heteroatoms. The first-order chi connectivity index (χ1) is 14.2. The number of hydrazine groups is 2. The molecule has 2 N–H and O–H groups in total. The number of hydrogen-bond acceptors (Lipinski definition) is 7. The zero-order chi connectivity index (χ0) is 20.1. The number of amidine groups is 1. The van der Waals surface area contributed by atoms with Gasteiger partial charge in [0.05, 0.1) is 12.6 Å². The summed E-state index contributed by atoms with van der Waals surface area (Å²) < 4.78 is 0. The Morgan fingerprint density at radius 3 is 2.34 bits per heavy atom. The van der Waals surface area contributed by atoms with Crippen LogP contribution in [-0.2, 0) is 4.84 Å². The van der Waals surface area contributed by atoms with Crippen molar-refractivity contribution in [1.82, 2.24) is 26.0 Å². The van der Waals surface area contributed by atoms with Crippen LogP contribution in [0, 0.1) is 6.92 Å². The normalized spacial score (nSPS) is 19.4. The van der Waals surface area contributed by atoms with Crippen molar-refractivity contribution >= 4 is 17.4 Å². The maximum atomic E-state index is 6.12. The van der Waals surface area contributed by atoms with Crippen LogP contribution >= 0.6 is 11.6 Å². The van der Waals surface area contributed by atoms with E-state index < -0.39 is 0 Å². The molecule has 29 heavy (non-hydrogen) atoms. The molecule has 1 unspecified atom stereocenters. The van der Waals surface area contributed by atoms with Crippen LogP contribution in [0.3, 0.4) is 0 Å². The van der Waals surface area contributed by atoms with E-state index in [1.807, 2.05) is 12.1 Å². The Balaban J connectivity index is 1.34. The largest absolute Gasteiger partial charge is 0.298 e. The number of nitrogens with zero attached hydrogens (tertiary/aromatic N) is 4. The van der Waals surface area contributed by atoms with Gasteiger partial charge in [0.1, 0.15) is 5.84 Å². The fourth-order valence-corrected chi connectivity index (χ4v) is 3.86. The molecule has 0 spiro atoms. The van der Waals surface area contributed by atoms with Crippen molar-refractivity contribution in [2.75, 3.05) is 39.3 Å². The third kappa shape index (κ3) is 5.26. The summed E-state index contributed by atoms with van der Waals surface area (Å²) in [5.74, 6) is 0.535. The molecule has 153 valence electrons. The molecule has 2 aromatic carbocycles. The molecule has 0 aromatic heterocycles.